The average molecular weight is 284 g/mol. The van der Waals surface area contributed by atoms with E-state index in [1.165, 1.54) is 6.07 Å². The number of aromatic carboxylic acids is 1. The highest BCUT2D eigenvalue weighted by molar-refractivity contribution is 7.99. The molecule has 6 heteroatoms. The Hall–Kier alpha value is -1.43. The molecule has 0 bridgehead atoms. The first kappa shape index (κ1) is 14.0. The fourth-order valence-corrected chi connectivity index (χ4v) is 3.32. The summed E-state index contributed by atoms with van der Waals surface area (Å²) in [5.74, 6) is 1.14. The Morgan fingerprint density at radius 2 is 2.16 bits per heavy atom. The molecule has 0 saturated carbocycles. The average Bonchev–Trinajstić information content (AvgIpc) is 2.38. The van der Waals surface area contributed by atoms with Gasteiger partial charge in [-0.3, -0.25) is 0 Å². The number of carbonyl (C=O) groups is 1. The van der Waals surface area contributed by atoms with Gasteiger partial charge in [0.15, 0.2) is 0 Å². The van der Waals surface area contributed by atoms with Crippen LogP contribution in [0.5, 0.6) is 0 Å². The van der Waals surface area contributed by atoms with E-state index < -0.39 is 11.8 Å². The van der Waals surface area contributed by atoms with Crippen molar-refractivity contribution in [3.63, 3.8) is 0 Å². The minimum Gasteiger partial charge on any atom is -0.478 e. The Balaban J connectivity index is 2.06. The number of carboxylic acids is 1. The minimum absolute atomic E-state index is 0.0513. The van der Waals surface area contributed by atoms with Crippen molar-refractivity contribution >= 4 is 29.1 Å². The normalized spacial score (nSPS) is 16.3. The molecular formula is C13H17FN2O2S. The van der Waals surface area contributed by atoms with Crippen molar-refractivity contribution in [1.82, 2.24) is 0 Å². The molecule has 0 aromatic heterocycles. The SMILES string of the molecule is Nc1cc(F)c(NCC2CCSCC2)cc1C(=O)O. The molecule has 2 rings (SSSR count). The van der Waals surface area contributed by atoms with Crippen LogP contribution in [0.25, 0.3) is 0 Å². The van der Waals surface area contributed by atoms with Crippen LogP contribution in [-0.2, 0) is 0 Å². The summed E-state index contributed by atoms with van der Waals surface area (Å²) in [5, 5.41) is 12.0. The fraction of sp³-hybridized carbons (Fsp3) is 0.462. The third-order valence-electron chi connectivity index (χ3n) is 3.29. The van der Waals surface area contributed by atoms with Gasteiger partial charge in [-0.15, -0.1) is 0 Å². The number of anilines is 2. The second-order valence-corrected chi connectivity index (χ2v) is 5.89. The van der Waals surface area contributed by atoms with Crippen molar-refractivity contribution in [1.29, 1.82) is 0 Å². The summed E-state index contributed by atoms with van der Waals surface area (Å²) in [6.45, 7) is 0.667. The van der Waals surface area contributed by atoms with Gasteiger partial charge >= 0.3 is 5.97 Å². The second kappa shape index (κ2) is 6.14. The number of thioether (sulfide) groups is 1. The molecule has 1 heterocycles. The summed E-state index contributed by atoms with van der Waals surface area (Å²) in [5.41, 5.74) is 5.57. The third-order valence-corrected chi connectivity index (χ3v) is 4.34. The van der Waals surface area contributed by atoms with E-state index in [4.69, 9.17) is 10.8 Å². The van der Waals surface area contributed by atoms with E-state index >= 15 is 0 Å². The topological polar surface area (TPSA) is 75.3 Å². The predicted molar refractivity (Wildman–Crippen MR) is 76.3 cm³/mol. The van der Waals surface area contributed by atoms with Crippen LogP contribution < -0.4 is 11.1 Å². The zero-order valence-corrected chi connectivity index (χ0v) is 11.3. The number of benzene rings is 1. The van der Waals surface area contributed by atoms with E-state index in [-0.39, 0.29) is 16.9 Å². The van der Waals surface area contributed by atoms with Crippen molar-refractivity contribution in [2.75, 3.05) is 29.1 Å². The lowest BCUT2D eigenvalue weighted by molar-refractivity contribution is 0.0698. The molecule has 4 N–H and O–H groups in total. The molecule has 104 valence electrons. The largest absolute Gasteiger partial charge is 0.478 e. The Morgan fingerprint density at radius 3 is 2.79 bits per heavy atom. The molecule has 0 unspecified atom stereocenters. The van der Waals surface area contributed by atoms with Crippen LogP contribution in [0.4, 0.5) is 15.8 Å². The van der Waals surface area contributed by atoms with E-state index in [1.807, 2.05) is 11.8 Å². The molecule has 0 amide bonds. The summed E-state index contributed by atoms with van der Waals surface area (Å²) in [7, 11) is 0. The van der Waals surface area contributed by atoms with E-state index in [0.29, 0.717) is 12.5 Å². The Morgan fingerprint density at radius 1 is 1.47 bits per heavy atom. The smallest absolute Gasteiger partial charge is 0.337 e. The highest BCUT2D eigenvalue weighted by Crippen LogP contribution is 2.25. The Bertz CT molecular complexity index is 476. The van der Waals surface area contributed by atoms with Crippen LogP contribution in [0.2, 0.25) is 0 Å². The first-order chi connectivity index (χ1) is 9.08. The molecule has 1 aromatic rings. The lowest BCUT2D eigenvalue weighted by atomic mass is 10.0. The highest BCUT2D eigenvalue weighted by Gasteiger charge is 2.16. The van der Waals surface area contributed by atoms with Gasteiger partial charge in [-0.2, -0.15) is 11.8 Å². The van der Waals surface area contributed by atoms with Crippen molar-refractivity contribution < 1.29 is 14.3 Å². The lowest BCUT2D eigenvalue weighted by Gasteiger charge is -2.22. The summed E-state index contributed by atoms with van der Waals surface area (Å²) >= 11 is 1.94. The van der Waals surface area contributed by atoms with E-state index in [1.54, 1.807) is 0 Å². The van der Waals surface area contributed by atoms with Gasteiger partial charge in [0, 0.05) is 12.2 Å². The lowest BCUT2D eigenvalue weighted by Crippen LogP contribution is -2.20. The van der Waals surface area contributed by atoms with Crippen LogP contribution in [0.15, 0.2) is 12.1 Å². The molecule has 1 aromatic carbocycles. The van der Waals surface area contributed by atoms with Gasteiger partial charge in [0.1, 0.15) is 5.82 Å². The Kier molecular flexibility index (Phi) is 4.52. The number of hydrogen-bond acceptors (Lipinski definition) is 4. The summed E-state index contributed by atoms with van der Waals surface area (Å²) in [6.07, 6.45) is 2.22. The molecule has 1 saturated heterocycles. The zero-order chi connectivity index (χ0) is 13.8. The third kappa shape index (κ3) is 3.53. The molecular weight excluding hydrogens is 267 g/mol. The molecule has 0 aliphatic carbocycles. The van der Waals surface area contributed by atoms with Crippen molar-refractivity contribution in [2.45, 2.75) is 12.8 Å². The quantitative estimate of drug-likeness (QED) is 0.741. The number of nitrogens with two attached hydrogens (primary N) is 1. The van der Waals surface area contributed by atoms with Gasteiger partial charge in [-0.05, 0) is 42.4 Å². The number of rotatable bonds is 4. The molecule has 0 spiro atoms. The van der Waals surface area contributed by atoms with Crippen LogP contribution in [0, 0.1) is 11.7 Å². The van der Waals surface area contributed by atoms with Crippen molar-refractivity contribution in [3.05, 3.63) is 23.5 Å². The van der Waals surface area contributed by atoms with E-state index in [0.717, 1.165) is 30.4 Å². The Labute approximate surface area is 115 Å². The molecule has 1 fully saturated rings. The number of halogens is 1. The first-order valence-corrected chi connectivity index (χ1v) is 7.37. The van der Waals surface area contributed by atoms with Crippen LogP contribution >= 0.6 is 11.8 Å². The molecule has 0 radical (unpaired) electrons. The van der Waals surface area contributed by atoms with Gasteiger partial charge in [0.2, 0.25) is 0 Å². The predicted octanol–water partition coefficient (Wildman–Crippen LogP) is 2.66. The highest BCUT2D eigenvalue weighted by atomic mass is 32.2. The molecule has 19 heavy (non-hydrogen) atoms. The number of nitrogen functional groups attached to an aromatic ring is 1. The monoisotopic (exact) mass is 284 g/mol. The number of carboxylic acid groups (broad SMARTS) is 1. The maximum absolute atomic E-state index is 13.7. The van der Waals surface area contributed by atoms with E-state index in [2.05, 4.69) is 5.32 Å². The second-order valence-electron chi connectivity index (χ2n) is 4.66. The van der Waals surface area contributed by atoms with Crippen LogP contribution in [0.1, 0.15) is 23.2 Å². The maximum Gasteiger partial charge on any atom is 0.337 e. The van der Waals surface area contributed by atoms with Crippen LogP contribution in [-0.4, -0.2) is 29.1 Å². The molecule has 1 aliphatic heterocycles. The van der Waals surface area contributed by atoms with Gasteiger partial charge in [-0.1, -0.05) is 0 Å². The molecule has 4 nitrogen and oxygen atoms in total. The van der Waals surface area contributed by atoms with Gasteiger partial charge in [0.05, 0.1) is 11.3 Å². The minimum atomic E-state index is -1.14. The van der Waals surface area contributed by atoms with E-state index in [9.17, 15) is 9.18 Å². The zero-order valence-electron chi connectivity index (χ0n) is 10.5. The standard InChI is InChI=1S/C13H17FN2O2S/c14-10-6-11(15)9(13(17)18)5-12(10)16-7-8-1-3-19-4-2-8/h5-6,8,16H,1-4,7,15H2,(H,17,18). The summed E-state index contributed by atoms with van der Waals surface area (Å²) in [4.78, 5) is 11.0. The van der Waals surface area contributed by atoms with Crippen molar-refractivity contribution in [3.8, 4) is 0 Å². The van der Waals surface area contributed by atoms with Gasteiger partial charge < -0.3 is 16.2 Å². The van der Waals surface area contributed by atoms with Gasteiger partial charge in [0.25, 0.3) is 0 Å². The van der Waals surface area contributed by atoms with Crippen LogP contribution in [0.3, 0.4) is 0 Å². The number of nitrogens with one attached hydrogen (secondary N) is 1. The summed E-state index contributed by atoms with van der Waals surface area (Å²) < 4.78 is 13.7. The molecule has 1 aliphatic rings. The molecule has 0 atom stereocenters. The maximum atomic E-state index is 13.7. The fourth-order valence-electron chi connectivity index (χ4n) is 2.11. The van der Waals surface area contributed by atoms with Crippen molar-refractivity contribution in [2.24, 2.45) is 5.92 Å². The first-order valence-electron chi connectivity index (χ1n) is 6.22. The summed E-state index contributed by atoms with van der Waals surface area (Å²) in [6, 6.07) is 2.33. The number of hydrogen-bond donors (Lipinski definition) is 3. The van der Waals surface area contributed by atoms with Gasteiger partial charge in [-0.25, -0.2) is 9.18 Å².